The van der Waals surface area contributed by atoms with Crippen molar-refractivity contribution in [1.29, 1.82) is 0 Å². The highest BCUT2D eigenvalue weighted by Crippen LogP contribution is 2.21. The Morgan fingerprint density at radius 1 is 1.19 bits per heavy atom. The molecule has 0 unspecified atom stereocenters. The van der Waals surface area contributed by atoms with Crippen LogP contribution in [0.5, 0.6) is 0 Å². The highest BCUT2D eigenvalue weighted by molar-refractivity contribution is 9.10. The number of nitrogens with one attached hydrogen (secondary N) is 1. The Labute approximate surface area is 132 Å². The molecule has 1 aromatic rings. The van der Waals surface area contributed by atoms with Gasteiger partial charge in [-0.3, -0.25) is 4.72 Å². The van der Waals surface area contributed by atoms with Crippen molar-refractivity contribution in [3.05, 3.63) is 24.3 Å². The van der Waals surface area contributed by atoms with Crippen molar-refractivity contribution in [3.63, 3.8) is 0 Å². The van der Waals surface area contributed by atoms with Crippen molar-refractivity contribution in [2.24, 2.45) is 0 Å². The van der Waals surface area contributed by atoms with E-state index >= 15 is 0 Å². The summed E-state index contributed by atoms with van der Waals surface area (Å²) in [6.45, 7) is 1.30. The molecule has 0 amide bonds. The molecule has 0 bridgehead atoms. The first-order chi connectivity index (χ1) is 9.85. The van der Waals surface area contributed by atoms with E-state index in [1.54, 1.807) is 0 Å². The standard InChI is InChI=1S/C11H15BrN2O5S2/c12-9-20(15,16)13-10-2-1-3-11(8-10)21(17,18)14-4-6-19-7-5-14/h1-3,8,13H,4-7,9H2. The molecule has 1 fully saturated rings. The van der Waals surface area contributed by atoms with Crippen LogP contribution >= 0.6 is 15.9 Å². The topological polar surface area (TPSA) is 92.8 Å². The SMILES string of the molecule is O=S(=O)(CBr)Nc1cccc(S(=O)(=O)N2CCOCC2)c1. The molecule has 0 atom stereocenters. The molecule has 1 aliphatic rings. The van der Waals surface area contributed by atoms with Crippen LogP contribution in [0.2, 0.25) is 0 Å². The van der Waals surface area contributed by atoms with Gasteiger partial charge in [-0.1, -0.05) is 22.0 Å². The Morgan fingerprint density at radius 3 is 2.48 bits per heavy atom. The van der Waals surface area contributed by atoms with E-state index in [9.17, 15) is 16.8 Å². The van der Waals surface area contributed by atoms with Crippen LogP contribution in [-0.4, -0.2) is 52.1 Å². The molecule has 1 heterocycles. The molecule has 0 saturated carbocycles. The minimum atomic E-state index is -3.64. The van der Waals surface area contributed by atoms with E-state index < -0.39 is 20.0 Å². The van der Waals surface area contributed by atoms with Gasteiger partial charge < -0.3 is 4.74 Å². The summed E-state index contributed by atoms with van der Waals surface area (Å²) in [6.07, 6.45) is 0. The van der Waals surface area contributed by atoms with Crippen molar-refractivity contribution >= 4 is 41.7 Å². The summed E-state index contributed by atoms with van der Waals surface area (Å²) in [4.78, 5) is 0.0548. The quantitative estimate of drug-likeness (QED) is 0.740. The van der Waals surface area contributed by atoms with E-state index in [0.29, 0.717) is 26.3 Å². The molecule has 0 radical (unpaired) electrons. The summed E-state index contributed by atoms with van der Waals surface area (Å²) >= 11 is 2.86. The summed E-state index contributed by atoms with van der Waals surface area (Å²) < 4.78 is 56.4. The Morgan fingerprint density at radius 2 is 1.86 bits per heavy atom. The van der Waals surface area contributed by atoms with Crippen LogP contribution in [0.15, 0.2) is 29.2 Å². The molecule has 7 nitrogen and oxygen atoms in total. The predicted octanol–water partition coefficient (Wildman–Crippen LogP) is 0.802. The molecule has 1 N–H and O–H groups in total. The number of alkyl halides is 1. The number of sulfonamides is 2. The molecule has 1 saturated heterocycles. The molecule has 0 aromatic heterocycles. The van der Waals surface area contributed by atoms with Crippen molar-refractivity contribution in [1.82, 2.24) is 4.31 Å². The van der Waals surface area contributed by atoms with Crippen molar-refractivity contribution < 1.29 is 21.6 Å². The first-order valence-electron chi connectivity index (χ1n) is 6.09. The normalized spacial score (nSPS) is 17.6. The third-order valence-electron chi connectivity index (χ3n) is 2.86. The summed E-state index contributed by atoms with van der Waals surface area (Å²) in [5.41, 5.74) is 0.212. The van der Waals surface area contributed by atoms with Crippen LogP contribution in [0.3, 0.4) is 0 Å². The van der Waals surface area contributed by atoms with Crippen LogP contribution < -0.4 is 4.72 Å². The average molecular weight is 399 g/mol. The zero-order valence-corrected chi connectivity index (χ0v) is 14.2. The molecule has 0 spiro atoms. The monoisotopic (exact) mass is 398 g/mol. The second-order valence-electron chi connectivity index (χ2n) is 4.37. The number of morpholine rings is 1. The third-order valence-corrected chi connectivity index (χ3v) is 7.40. The summed E-state index contributed by atoms with van der Waals surface area (Å²) in [6, 6.07) is 5.75. The third kappa shape index (κ3) is 4.16. The fourth-order valence-electron chi connectivity index (χ4n) is 1.86. The number of halogens is 1. The molecular weight excluding hydrogens is 384 g/mol. The Hall–Kier alpha value is -0.680. The molecule has 21 heavy (non-hydrogen) atoms. The molecule has 118 valence electrons. The van der Waals surface area contributed by atoms with Crippen molar-refractivity contribution in [2.45, 2.75) is 4.90 Å². The second-order valence-corrected chi connectivity index (χ2v) is 9.33. The van der Waals surface area contributed by atoms with Gasteiger partial charge in [-0.05, 0) is 18.2 Å². The van der Waals surface area contributed by atoms with E-state index in [0.717, 1.165) is 0 Å². The minimum Gasteiger partial charge on any atom is -0.379 e. The lowest BCUT2D eigenvalue weighted by Crippen LogP contribution is -2.40. The number of anilines is 1. The fourth-order valence-corrected chi connectivity index (χ4v) is 4.20. The zero-order chi connectivity index (χ0) is 15.5. The number of benzene rings is 1. The Balaban J connectivity index is 2.28. The molecule has 10 heteroatoms. The number of hydrogen-bond acceptors (Lipinski definition) is 5. The first-order valence-corrected chi connectivity index (χ1v) is 10.3. The van der Waals surface area contributed by atoms with Gasteiger partial charge in [0.1, 0.15) is 4.66 Å². The molecular formula is C11H15BrN2O5S2. The van der Waals surface area contributed by atoms with E-state index in [-0.39, 0.29) is 15.2 Å². The number of nitrogens with zero attached hydrogens (tertiary/aromatic N) is 1. The smallest absolute Gasteiger partial charge is 0.243 e. The van der Waals surface area contributed by atoms with E-state index in [4.69, 9.17) is 4.74 Å². The second kappa shape index (κ2) is 6.61. The molecule has 0 aliphatic carbocycles. The summed E-state index contributed by atoms with van der Waals surface area (Å²) in [5, 5.41) is 0. The van der Waals surface area contributed by atoms with Gasteiger partial charge in [-0.25, -0.2) is 16.8 Å². The lowest BCUT2D eigenvalue weighted by Gasteiger charge is -2.26. The van der Waals surface area contributed by atoms with Crippen LogP contribution in [-0.2, 0) is 24.8 Å². The fraction of sp³-hybridized carbons (Fsp3) is 0.455. The van der Waals surface area contributed by atoms with Gasteiger partial charge in [0, 0.05) is 18.8 Å². The largest absolute Gasteiger partial charge is 0.379 e. The summed E-state index contributed by atoms with van der Waals surface area (Å²) in [5.74, 6) is 0. The lowest BCUT2D eigenvalue weighted by atomic mass is 10.3. The van der Waals surface area contributed by atoms with Crippen LogP contribution in [0.1, 0.15) is 0 Å². The maximum absolute atomic E-state index is 12.5. The van der Waals surface area contributed by atoms with Gasteiger partial charge in [0.25, 0.3) is 0 Å². The Bertz CT molecular complexity index is 699. The van der Waals surface area contributed by atoms with Gasteiger partial charge in [-0.2, -0.15) is 4.31 Å². The van der Waals surface area contributed by atoms with Gasteiger partial charge >= 0.3 is 0 Å². The first kappa shape index (κ1) is 16.7. The maximum atomic E-state index is 12.5. The molecule has 2 rings (SSSR count). The van der Waals surface area contributed by atoms with Crippen LogP contribution in [0.4, 0.5) is 5.69 Å². The minimum absolute atomic E-state index is 0.0548. The predicted molar refractivity (Wildman–Crippen MR) is 82.4 cm³/mol. The van der Waals surface area contributed by atoms with Gasteiger partial charge in [-0.15, -0.1) is 0 Å². The van der Waals surface area contributed by atoms with E-state index in [1.165, 1.54) is 28.6 Å². The van der Waals surface area contributed by atoms with Gasteiger partial charge in [0.15, 0.2) is 0 Å². The summed E-state index contributed by atoms with van der Waals surface area (Å²) in [7, 11) is -7.16. The van der Waals surface area contributed by atoms with E-state index in [1.807, 2.05) is 0 Å². The Kier molecular flexibility index (Phi) is 5.25. The number of rotatable bonds is 5. The molecule has 1 aliphatic heterocycles. The maximum Gasteiger partial charge on any atom is 0.243 e. The van der Waals surface area contributed by atoms with E-state index in [2.05, 4.69) is 20.7 Å². The van der Waals surface area contributed by atoms with Crippen LogP contribution in [0.25, 0.3) is 0 Å². The highest BCUT2D eigenvalue weighted by atomic mass is 79.9. The van der Waals surface area contributed by atoms with Crippen LogP contribution in [0, 0.1) is 0 Å². The van der Waals surface area contributed by atoms with Crippen molar-refractivity contribution in [2.75, 3.05) is 35.7 Å². The number of ether oxygens (including phenoxy) is 1. The highest BCUT2D eigenvalue weighted by Gasteiger charge is 2.26. The van der Waals surface area contributed by atoms with Gasteiger partial charge in [0.05, 0.1) is 18.1 Å². The average Bonchev–Trinajstić information content (AvgIpc) is 2.48. The lowest BCUT2D eigenvalue weighted by molar-refractivity contribution is 0.0730. The van der Waals surface area contributed by atoms with Gasteiger partial charge in [0.2, 0.25) is 20.0 Å². The van der Waals surface area contributed by atoms with Crippen molar-refractivity contribution in [3.8, 4) is 0 Å². The molecule has 1 aromatic carbocycles. The number of hydrogen-bond donors (Lipinski definition) is 1. The zero-order valence-electron chi connectivity index (χ0n) is 11.0.